The Kier molecular flexibility index (Phi) is 5.41. The quantitative estimate of drug-likeness (QED) is 0.727. The average molecular weight is 361 g/mol. The second-order valence-electron chi connectivity index (χ2n) is 5.89. The minimum atomic E-state index is -0.378. The standard InChI is InChI=1S/C20H19N5O2/c1-14(26)21-15-7-6-8-16(13-15)22-20(27)18-11-12-19(24-23-18)25(2)17-9-4-3-5-10-17/h3-13H,1-2H3,(H,21,26)(H,22,27). The van der Waals surface area contributed by atoms with Crippen LogP contribution in [0.15, 0.2) is 66.7 Å². The summed E-state index contributed by atoms with van der Waals surface area (Å²) in [5.41, 5.74) is 2.33. The van der Waals surface area contributed by atoms with Gasteiger partial charge in [0.15, 0.2) is 11.5 Å². The second kappa shape index (κ2) is 8.09. The summed E-state index contributed by atoms with van der Waals surface area (Å²) >= 11 is 0. The van der Waals surface area contributed by atoms with Crippen molar-refractivity contribution in [1.82, 2.24) is 10.2 Å². The lowest BCUT2D eigenvalue weighted by molar-refractivity contribution is -0.114. The largest absolute Gasteiger partial charge is 0.328 e. The lowest BCUT2D eigenvalue weighted by Gasteiger charge is -2.17. The average Bonchev–Trinajstić information content (AvgIpc) is 2.68. The highest BCUT2D eigenvalue weighted by Gasteiger charge is 2.11. The third kappa shape index (κ3) is 4.66. The predicted molar refractivity (Wildman–Crippen MR) is 105 cm³/mol. The van der Waals surface area contributed by atoms with Gasteiger partial charge in [0.05, 0.1) is 0 Å². The molecule has 0 aliphatic rings. The molecule has 2 amide bonds. The molecule has 1 aromatic heterocycles. The molecule has 0 saturated carbocycles. The van der Waals surface area contributed by atoms with Crippen LogP contribution in [0.5, 0.6) is 0 Å². The van der Waals surface area contributed by atoms with Crippen molar-refractivity contribution >= 4 is 34.7 Å². The lowest BCUT2D eigenvalue weighted by atomic mass is 10.2. The molecular formula is C20H19N5O2. The number of benzene rings is 2. The number of carbonyl (C=O) groups excluding carboxylic acids is 2. The minimum Gasteiger partial charge on any atom is -0.328 e. The molecule has 0 spiro atoms. The molecule has 0 aliphatic carbocycles. The number of hydrogen-bond acceptors (Lipinski definition) is 5. The molecule has 2 aromatic carbocycles. The molecule has 1 heterocycles. The first-order chi connectivity index (χ1) is 13.0. The second-order valence-corrected chi connectivity index (χ2v) is 5.89. The van der Waals surface area contributed by atoms with Gasteiger partial charge in [-0.05, 0) is 42.5 Å². The fourth-order valence-corrected chi connectivity index (χ4v) is 2.48. The molecular weight excluding hydrogens is 342 g/mol. The van der Waals surface area contributed by atoms with Gasteiger partial charge in [0.25, 0.3) is 5.91 Å². The number of nitrogens with zero attached hydrogens (tertiary/aromatic N) is 3. The Morgan fingerprint density at radius 1 is 0.852 bits per heavy atom. The van der Waals surface area contributed by atoms with E-state index in [0.717, 1.165) is 5.69 Å². The maximum absolute atomic E-state index is 12.4. The van der Waals surface area contributed by atoms with E-state index in [2.05, 4.69) is 20.8 Å². The predicted octanol–water partition coefficient (Wildman–Crippen LogP) is 3.46. The van der Waals surface area contributed by atoms with Gasteiger partial charge in [-0.15, -0.1) is 10.2 Å². The van der Waals surface area contributed by atoms with Crippen LogP contribution >= 0.6 is 0 Å². The van der Waals surface area contributed by atoms with Crippen molar-refractivity contribution in [3.8, 4) is 0 Å². The van der Waals surface area contributed by atoms with E-state index in [-0.39, 0.29) is 17.5 Å². The van der Waals surface area contributed by atoms with Crippen molar-refractivity contribution < 1.29 is 9.59 Å². The van der Waals surface area contributed by atoms with Crippen LogP contribution in [0.2, 0.25) is 0 Å². The van der Waals surface area contributed by atoms with Crippen molar-refractivity contribution in [2.75, 3.05) is 22.6 Å². The fourth-order valence-electron chi connectivity index (χ4n) is 2.48. The zero-order valence-corrected chi connectivity index (χ0v) is 15.0. The summed E-state index contributed by atoms with van der Waals surface area (Å²) in [5, 5.41) is 13.6. The molecule has 136 valence electrons. The lowest BCUT2D eigenvalue weighted by Crippen LogP contribution is -2.17. The zero-order valence-electron chi connectivity index (χ0n) is 15.0. The van der Waals surface area contributed by atoms with Crippen molar-refractivity contribution in [3.05, 3.63) is 72.4 Å². The smallest absolute Gasteiger partial charge is 0.276 e. The van der Waals surface area contributed by atoms with E-state index in [9.17, 15) is 9.59 Å². The van der Waals surface area contributed by atoms with Gasteiger partial charge in [-0.25, -0.2) is 0 Å². The molecule has 0 aliphatic heterocycles. The monoisotopic (exact) mass is 361 g/mol. The topological polar surface area (TPSA) is 87.2 Å². The van der Waals surface area contributed by atoms with E-state index in [1.807, 2.05) is 42.3 Å². The fraction of sp³-hybridized carbons (Fsp3) is 0.100. The third-order valence-corrected chi connectivity index (χ3v) is 3.81. The highest BCUT2D eigenvalue weighted by molar-refractivity contribution is 6.03. The summed E-state index contributed by atoms with van der Waals surface area (Å²) in [5.74, 6) is 0.0734. The van der Waals surface area contributed by atoms with Gasteiger partial charge in [0.2, 0.25) is 5.91 Å². The van der Waals surface area contributed by atoms with Crippen LogP contribution in [0.25, 0.3) is 0 Å². The van der Waals surface area contributed by atoms with Crippen molar-refractivity contribution in [1.29, 1.82) is 0 Å². The summed E-state index contributed by atoms with van der Waals surface area (Å²) < 4.78 is 0. The van der Waals surface area contributed by atoms with Gasteiger partial charge in [-0.3, -0.25) is 9.59 Å². The molecule has 7 heteroatoms. The van der Waals surface area contributed by atoms with E-state index in [0.29, 0.717) is 17.2 Å². The summed E-state index contributed by atoms with van der Waals surface area (Å²) in [7, 11) is 1.88. The summed E-state index contributed by atoms with van der Waals surface area (Å²) in [6.07, 6.45) is 0. The highest BCUT2D eigenvalue weighted by Crippen LogP contribution is 2.20. The van der Waals surface area contributed by atoms with E-state index in [4.69, 9.17) is 0 Å². The number of hydrogen-bond donors (Lipinski definition) is 2. The molecule has 0 unspecified atom stereocenters. The first-order valence-electron chi connectivity index (χ1n) is 8.34. The third-order valence-electron chi connectivity index (χ3n) is 3.81. The maximum Gasteiger partial charge on any atom is 0.276 e. The van der Waals surface area contributed by atoms with Gasteiger partial charge in [-0.2, -0.15) is 0 Å². The first-order valence-corrected chi connectivity index (χ1v) is 8.34. The number of nitrogens with one attached hydrogen (secondary N) is 2. The Bertz CT molecular complexity index is 942. The van der Waals surface area contributed by atoms with Crippen molar-refractivity contribution in [2.45, 2.75) is 6.92 Å². The first kappa shape index (κ1) is 18.1. The van der Waals surface area contributed by atoms with Gasteiger partial charge >= 0.3 is 0 Å². The van der Waals surface area contributed by atoms with Crippen LogP contribution in [0.1, 0.15) is 17.4 Å². The normalized spacial score (nSPS) is 10.1. The van der Waals surface area contributed by atoms with Gasteiger partial charge in [-0.1, -0.05) is 24.3 Å². The van der Waals surface area contributed by atoms with Crippen LogP contribution in [-0.2, 0) is 4.79 Å². The Labute approximate surface area is 157 Å². The van der Waals surface area contributed by atoms with Crippen LogP contribution < -0.4 is 15.5 Å². The molecule has 0 fully saturated rings. The molecule has 27 heavy (non-hydrogen) atoms. The van der Waals surface area contributed by atoms with Crippen LogP contribution in [-0.4, -0.2) is 29.1 Å². The number of carbonyl (C=O) groups is 2. The number of anilines is 4. The number of para-hydroxylation sites is 1. The van der Waals surface area contributed by atoms with Crippen LogP contribution in [0, 0.1) is 0 Å². The summed E-state index contributed by atoms with van der Waals surface area (Å²) in [4.78, 5) is 25.4. The number of amides is 2. The number of rotatable bonds is 5. The summed E-state index contributed by atoms with van der Waals surface area (Å²) in [6.45, 7) is 1.43. The molecule has 3 rings (SSSR count). The SMILES string of the molecule is CC(=O)Nc1cccc(NC(=O)c2ccc(N(C)c3ccccc3)nn2)c1. The molecule has 0 radical (unpaired) electrons. The molecule has 0 atom stereocenters. The van der Waals surface area contributed by atoms with Gasteiger partial charge in [0.1, 0.15) is 0 Å². The molecule has 3 aromatic rings. The minimum absolute atomic E-state index is 0.178. The van der Waals surface area contributed by atoms with E-state index < -0.39 is 0 Å². The van der Waals surface area contributed by atoms with Crippen molar-refractivity contribution in [2.24, 2.45) is 0 Å². The molecule has 0 saturated heterocycles. The van der Waals surface area contributed by atoms with E-state index in [1.165, 1.54) is 6.92 Å². The van der Waals surface area contributed by atoms with E-state index >= 15 is 0 Å². The Morgan fingerprint density at radius 2 is 1.56 bits per heavy atom. The Hall–Kier alpha value is -3.74. The molecule has 2 N–H and O–H groups in total. The maximum atomic E-state index is 12.4. The van der Waals surface area contributed by atoms with Gasteiger partial charge < -0.3 is 15.5 Å². The van der Waals surface area contributed by atoms with E-state index in [1.54, 1.807) is 36.4 Å². The van der Waals surface area contributed by atoms with Crippen LogP contribution in [0.3, 0.4) is 0 Å². The van der Waals surface area contributed by atoms with Crippen molar-refractivity contribution in [3.63, 3.8) is 0 Å². The Morgan fingerprint density at radius 3 is 2.19 bits per heavy atom. The molecule has 7 nitrogen and oxygen atoms in total. The van der Waals surface area contributed by atoms with Gasteiger partial charge in [0, 0.05) is 31.0 Å². The summed E-state index contributed by atoms with van der Waals surface area (Å²) in [6, 6.07) is 20.0. The Balaban J connectivity index is 1.70. The van der Waals surface area contributed by atoms with Crippen LogP contribution in [0.4, 0.5) is 22.9 Å². The number of aromatic nitrogens is 2. The molecule has 0 bridgehead atoms. The zero-order chi connectivity index (χ0) is 19.2. The highest BCUT2D eigenvalue weighted by atomic mass is 16.2.